The van der Waals surface area contributed by atoms with Crippen LogP contribution in [0, 0.1) is 11.3 Å². The van der Waals surface area contributed by atoms with E-state index in [1.807, 2.05) is 0 Å². The Bertz CT molecular complexity index is 345. The van der Waals surface area contributed by atoms with Gasteiger partial charge in [0.2, 0.25) is 0 Å². The van der Waals surface area contributed by atoms with Gasteiger partial charge in [0.25, 0.3) is 0 Å². The molecule has 0 amide bonds. The Kier molecular flexibility index (Phi) is 4.63. The minimum absolute atomic E-state index is 0.488. The molecule has 5 atom stereocenters. The van der Waals surface area contributed by atoms with E-state index in [1.54, 1.807) is 0 Å². The maximum Gasteiger partial charge on any atom is 0.0707 e. The van der Waals surface area contributed by atoms with Gasteiger partial charge in [-0.1, -0.05) is 27.2 Å². The zero-order chi connectivity index (χ0) is 15.0. The molecule has 3 rings (SSSR count). The Balaban J connectivity index is 1.71. The predicted octanol–water partition coefficient (Wildman–Crippen LogP) is 3.04. The quantitative estimate of drug-likeness (QED) is 0.862. The van der Waals surface area contributed by atoms with Crippen LogP contribution in [0.25, 0.3) is 0 Å². The van der Waals surface area contributed by atoms with Gasteiger partial charge in [0.1, 0.15) is 0 Å². The third kappa shape index (κ3) is 3.16. The number of nitrogens with one attached hydrogen (secondary N) is 1. The summed E-state index contributed by atoms with van der Waals surface area (Å²) in [6, 6.07) is 1.39. The van der Waals surface area contributed by atoms with Gasteiger partial charge in [-0.3, -0.25) is 4.90 Å². The smallest absolute Gasteiger partial charge is 0.0707 e. The Morgan fingerprint density at radius 3 is 2.33 bits per heavy atom. The predicted molar refractivity (Wildman–Crippen MR) is 87.5 cm³/mol. The van der Waals surface area contributed by atoms with Crippen molar-refractivity contribution in [2.75, 3.05) is 20.1 Å². The molecule has 0 aromatic heterocycles. The van der Waals surface area contributed by atoms with Gasteiger partial charge < -0.3 is 10.1 Å². The van der Waals surface area contributed by atoms with E-state index in [0.717, 1.165) is 5.92 Å². The van der Waals surface area contributed by atoms with Crippen LogP contribution in [-0.2, 0) is 4.74 Å². The van der Waals surface area contributed by atoms with Crippen molar-refractivity contribution >= 4 is 0 Å². The Labute approximate surface area is 130 Å². The number of nitrogens with zero attached hydrogens (tertiary/aromatic N) is 1. The van der Waals surface area contributed by atoms with E-state index in [-0.39, 0.29) is 0 Å². The van der Waals surface area contributed by atoms with Gasteiger partial charge in [0, 0.05) is 25.2 Å². The van der Waals surface area contributed by atoms with Gasteiger partial charge in [0.05, 0.1) is 12.2 Å². The lowest BCUT2D eigenvalue weighted by atomic mass is 9.67. The highest BCUT2D eigenvalue weighted by molar-refractivity contribution is 4.97. The largest absolute Gasteiger partial charge is 0.372 e. The van der Waals surface area contributed by atoms with Crippen molar-refractivity contribution in [2.45, 2.75) is 83.6 Å². The summed E-state index contributed by atoms with van der Waals surface area (Å²) in [7, 11) is 2.15. The van der Waals surface area contributed by atoms with Crippen molar-refractivity contribution in [3.63, 3.8) is 0 Å². The lowest BCUT2D eigenvalue weighted by Crippen LogP contribution is -2.58. The van der Waals surface area contributed by atoms with Crippen LogP contribution in [0.3, 0.4) is 0 Å². The molecule has 5 unspecified atom stereocenters. The van der Waals surface area contributed by atoms with Gasteiger partial charge >= 0.3 is 0 Å². The normalized spacial score (nSPS) is 41.4. The Morgan fingerprint density at radius 2 is 1.76 bits per heavy atom. The monoisotopic (exact) mass is 294 g/mol. The van der Waals surface area contributed by atoms with E-state index in [1.165, 1.54) is 51.6 Å². The first-order valence-electron chi connectivity index (χ1n) is 9.10. The van der Waals surface area contributed by atoms with Crippen LogP contribution in [0.2, 0.25) is 0 Å². The van der Waals surface area contributed by atoms with Crippen LogP contribution >= 0.6 is 0 Å². The highest BCUT2D eigenvalue weighted by Gasteiger charge is 2.43. The second-order valence-corrected chi connectivity index (χ2v) is 8.23. The molecule has 2 bridgehead atoms. The van der Waals surface area contributed by atoms with Crippen LogP contribution in [0.4, 0.5) is 0 Å². The molecular weight excluding hydrogens is 260 g/mol. The fourth-order valence-corrected chi connectivity index (χ4v) is 4.80. The average Bonchev–Trinajstić information content (AvgIpc) is 2.84. The summed E-state index contributed by atoms with van der Waals surface area (Å²) in [4.78, 5) is 2.77. The van der Waals surface area contributed by atoms with E-state index in [4.69, 9.17) is 4.74 Å². The number of likely N-dealkylation sites (tertiary alicyclic amines) is 1. The maximum absolute atomic E-state index is 6.04. The summed E-state index contributed by atoms with van der Waals surface area (Å²) in [5.41, 5.74) is 0.488. The molecule has 3 fully saturated rings. The molecule has 2 saturated heterocycles. The average molecular weight is 294 g/mol. The highest BCUT2D eigenvalue weighted by Crippen LogP contribution is 2.42. The summed E-state index contributed by atoms with van der Waals surface area (Å²) in [5.74, 6) is 0.873. The third-order valence-electron chi connectivity index (χ3n) is 6.74. The molecule has 122 valence electrons. The summed E-state index contributed by atoms with van der Waals surface area (Å²) in [6.07, 6.45) is 8.97. The number of hydrogen-bond acceptors (Lipinski definition) is 3. The standard InChI is InChI=1S/C18H34N2O/c1-5-18(2,3)13-6-9-16(19-4)17(10-13)20-11-14-7-8-15(12-20)21-14/h13-17,19H,5-12H2,1-4H3. The minimum atomic E-state index is 0.488. The molecule has 3 aliphatic rings. The van der Waals surface area contributed by atoms with Crippen molar-refractivity contribution in [3.05, 3.63) is 0 Å². The summed E-state index contributed by atoms with van der Waals surface area (Å²) < 4.78 is 6.04. The van der Waals surface area contributed by atoms with Gasteiger partial charge in [-0.2, -0.15) is 0 Å². The lowest BCUT2D eigenvalue weighted by molar-refractivity contribution is -0.0700. The zero-order valence-electron chi connectivity index (χ0n) is 14.4. The van der Waals surface area contributed by atoms with Crippen LogP contribution in [0.5, 0.6) is 0 Å². The topological polar surface area (TPSA) is 24.5 Å². The second kappa shape index (κ2) is 6.17. The second-order valence-electron chi connectivity index (χ2n) is 8.23. The number of morpholine rings is 1. The van der Waals surface area contributed by atoms with Crippen LogP contribution < -0.4 is 5.32 Å². The summed E-state index contributed by atoms with van der Waals surface area (Å²) in [5, 5.41) is 3.61. The summed E-state index contributed by atoms with van der Waals surface area (Å²) in [6.45, 7) is 9.63. The molecule has 0 aromatic carbocycles. The third-order valence-corrected chi connectivity index (χ3v) is 6.74. The SMILES string of the molecule is CCC(C)(C)C1CCC(NC)C(N2CC3CCC(C2)O3)C1. The lowest BCUT2D eigenvalue weighted by Gasteiger charge is -2.48. The molecule has 3 nitrogen and oxygen atoms in total. The Hall–Kier alpha value is -0.120. The van der Waals surface area contributed by atoms with E-state index in [0.29, 0.717) is 29.7 Å². The minimum Gasteiger partial charge on any atom is -0.372 e. The molecule has 2 heterocycles. The number of hydrogen-bond donors (Lipinski definition) is 1. The first kappa shape index (κ1) is 15.8. The van der Waals surface area contributed by atoms with Crippen molar-refractivity contribution in [3.8, 4) is 0 Å². The van der Waals surface area contributed by atoms with Crippen LogP contribution in [-0.4, -0.2) is 49.3 Å². The number of ether oxygens (including phenoxy) is 1. The van der Waals surface area contributed by atoms with E-state index in [2.05, 4.69) is 38.0 Å². The van der Waals surface area contributed by atoms with Crippen LogP contribution in [0.1, 0.15) is 59.3 Å². The van der Waals surface area contributed by atoms with E-state index in [9.17, 15) is 0 Å². The number of likely N-dealkylation sites (N-methyl/N-ethyl adjacent to an activating group) is 1. The van der Waals surface area contributed by atoms with Crippen molar-refractivity contribution in [2.24, 2.45) is 11.3 Å². The van der Waals surface area contributed by atoms with Crippen molar-refractivity contribution < 1.29 is 4.74 Å². The van der Waals surface area contributed by atoms with Crippen LogP contribution in [0.15, 0.2) is 0 Å². The molecule has 0 aromatic rings. The van der Waals surface area contributed by atoms with Gasteiger partial charge in [-0.15, -0.1) is 0 Å². The van der Waals surface area contributed by atoms with Gasteiger partial charge in [-0.25, -0.2) is 0 Å². The summed E-state index contributed by atoms with van der Waals surface area (Å²) >= 11 is 0. The number of rotatable bonds is 4. The van der Waals surface area contributed by atoms with E-state index < -0.39 is 0 Å². The first-order chi connectivity index (χ1) is 10.0. The van der Waals surface area contributed by atoms with E-state index >= 15 is 0 Å². The molecule has 0 spiro atoms. The fraction of sp³-hybridized carbons (Fsp3) is 1.00. The van der Waals surface area contributed by atoms with Crippen molar-refractivity contribution in [1.29, 1.82) is 0 Å². The molecule has 1 N–H and O–H groups in total. The zero-order valence-corrected chi connectivity index (χ0v) is 14.4. The molecule has 1 saturated carbocycles. The number of fused-ring (bicyclic) bond motifs is 2. The highest BCUT2D eigenvalue weighted by atomic mass is 16.5. The van der Waals surface area contributed by atoms with Gasteiger partial charge in [0.15, 0.2) is 0 Å². The van der Waals surface area contributed by atoms with Gasteiger partial charge in [-0.05, 0) is 50.5 Å². The fourth-order valence-electron chi connectivity index (χ4n) is 4.80. The molecular formula is C18H34N2O. The molecule has 21 heavy (non-hydrogen) atoms. The maximum atomic E-state index is 6.04. The Morgan fingerprint density at radius 1 is 1.10 bits per heavy atom. The molecule has 0 radical (unpaired) electrons. The molecule has 3 heteroatoms. The first-order valence-corrected chi connectivity index (χ1v) is 9.10. The molecule has 2 aliphatic heterocycles. The van der Waals surface area contributed by atoms with Crippen molar-refractivity contribution in [1.82, 2.24) is 10.2 Å². The molecule has 1 aliphatic carbocycles.